The SMILES string of the molecule is CNS(=O)(=O)c1cccc(NC2CCCC2CN)c1. The van der Waals surface area contributed by atoms with Crippen molar-refractivity contribution in [3.8, 4) is 0 Å². The largest absolute Gasteiger partial charge is 0.382 e. The molecule has 0 spiro atoms. The lowest BCUT2D eigenvalue weighted by molar-refractivity contribution is 0.516. The van der Waals surface area contributed by atoms with Crippen LogP contribution in [0.5, 0.6) is 0 Å². The molecule has 1 aromatic carbocycles. The van der Waals surface area contributed by atoms with Crippen LogP contribution in [0, 0.1) is 5.92 Å². The van der Waals surface area contributed by atoms with Gasteiger partial charge in [0.15, 0.2) is 0 Å². The number of nitrogens with one attached hydrogen (secondary N) is 2. The summed E-state index contributed by atoms with van der Waals surface area (Å²) in [4.78, 5) is 0.280. The summed E-state index contributed by atoms with van der Waals surface area (Å²) >= 11 is 0. The third kappa shape index (κ3) is 3.26. The summed E-state index contributed by atoms with van der Waals surface area (Å²) in [6, 6.07) is 7.24. The van der Waals surface area contributed by atoms with Gasteiger partial charge in [-0.2, -0.15) is 0 Å². The number of rotatable bonds is 5. The predicted octanol–water partition coefficient (Wildman–Crippen LogP) is 1.13. The van der Waals surface area contributed by atoms with Crippen LogP contribution in [0.25, 0.3) is 0 Å². The standard InChI is InChI=1S/C13H21N3O2S/c1-15-19(17,18)12-6-3-5-11(8-12)16-13-7-2-4-10(13)9-14/h3,5-6,8,10,13,15-16H,2,4,7,9,14H2,1H3. The molecule has 1 fully saturated rings. The lowest BCUT2D eigenvalue weighted by Crippen LogP contribution is -2.29. The van der Waals surface area contributed by atoms with Crippen LogP contribution in [0.15, 0.2) is 29.2 Å². The number of hydrogen-bond donors (Lipinski definition) is 3. The average molecular weight is 283 g/mol. The molecule has 1 saturated carbocycles. The van der Waals surface area contributed by atoms with Crippen LogP contribution in [0.4, 0.5) is 5.69 Å². The molecule has 4 N–H and O–H groups in total. The van der Waals surface area contributed by atoms with Crippen LogP contribution in [0.1, 0.15) is 19.3 Å². The summed E-state index contributed by atoms with van der Waals surface area (Å²) in [5.41, 5.74) is 6.59. The van der Waals surface area contributed by atoms with Gasteiger partial charge in [-0.1, -0.05) is 12.5 Å². The number of sulfonamides is 1. The molecule has 0 radical (unpaired) electrons. The molecule has 0 amide bonds. The molecule has 19 heavy (non-hydrogen) atoms. The fraction of sp³-hybridized carbons (Fsp3) is 0.538. The van der Waals surface area contributed by atoms with Crippen molar-refractivity contribution >= 4 is 15.7 Å². The molecule has 2 atom stereocenters. The first-order chi connectivity index (χ1) is 9.06. The van der Waals surface area contributed by atoms with Crippen LogP contribution >= 0.6 is 0 Å². The van der Waals surface area contributed by atoms with E-state index in [0.29, 0.717) is 18.5 Å². The highest BCUT2D eigenvalue weighted by Crippen LogP contribution is 2.28. The van der Waals surface area contributed by atoms with Gasteiger partial charge in [0.25, 0.3) is 0 Å². The van der Waals surface area contributed by atoms with E-state index in [-0.39, 0.29) is 4.90 Å². The Bertz CT molecular complexity index is 530. The zero-order valence-corrected chi connectivity index (χ0v) is 11.9. The van der Waals surface area contributed by atoms with Crippen molar-refractivity contribution in [2.75, 3.05) is 18.9 Å². The molecule has 0 aromatic heterocycles. The van der Waals surface area contributed by atoms with E-state index in [4.69, 9.17) is 5.73 Å². The lowest BCUT2D eigenvalue weighted by Gasteiger charge is -2.21. The van der Waals surface area contributed by atoms with Crippen molar-refractivity contribution < 1.29 is 8.42 Å². The molecular weight excluding hydrogens is 262 g/mol. The van der Waals surface area contributed by atoms with Gasteiger partial charge in [-0.25, -0.2) is 13.1 Å². The highest BCUT2D eigenvalue weighted by Gasteiger charge is 2.26. The van der Waals surface area contributed by atoms with Crippen LogP contribution < -0.4 is 15.8 Å². The summed E-state index contributed by atoms with van der Waals surface area (Å²) in [5, 5.41) is 3.41. The van der Waals surface area contributed by atoms with Crippen molar-refractivity contribution in [1.29, 1.82) is 0 Å². The van der Waals surface area contributed by atoms with E-state index in [2.05, 4.69) is 10.0 Å². The van der Waals surface area contributed by atoms with Crippen molar-refractivity contribution in [2.45, 2.75) is 30.2 Å². The molecule has 5 nitrogen and oxygen atoms in total. The Hall–Kier alpha value is -1.11. The summed E-state index contributed by atoms with van der Waals surface area (Å²) in [6.07, 6.45) is 3.40. The van der Waals surface area contributed by atoms with Gasteiger partial charge in [-0.15, -0.1) is 0 Å². The van der Waals surface area contributed by atoms with Gasteiger partial charge in [0.1, 0.15) is 0 Å². The van der Waals surface area contributed by atoms with Crippen molar-refractivity contribution in [3.63, 3.8) is 0 Å². The van der Waals surface area contributed by atoms with E-state index in [0.717, 1.165) is 18.5 Å². The molecule has 1 aliphatic carbocycles. The van der Waals surface area contributed by atoms with Gasteiger partial charge in [0.2, 0.25) is 10.0 Å². The molecular formula is C13H21N3O2S. The third-order valence-electron chi connectivity index (χ3n) is 3.73. The quantitative estimate of drug-likeness (QED) is 0.756. The van der Waals surface area contributed by atoms with Gasteiger partial charge in [-0.3, -0.25) is 0 Å². The second-order valence-electron chi connectivity index (χ2n) is 4.91. The Morgan fingerprint density at radius 3 is 2.84 bits per heavy atom. The molecule has 1 aliphatic rings. The number of benzene rings is 1. The van der Waals surface area contributed by atoms with E-state index in [9.17, 15) is 8.42 Å². The summed E-state index contributed by atoms with van der Waals surface area (Å²) in [5.74, 6) is 0.476. The smallest absolute Gasteiger partial charge is 0.240 e. The van der Waals surface area contributed by atoms with E-state index >= 15 is 0 Å². The maximum absolute atomic E-state index is 11.8. The van der Waals surface area contributed by atoms with Gasteiger partial charge in [-0.05, 0) is 50.6 Å². The van der Waals surface area contributed by atoms with Gasteiger partial charge >= 0.3 is 0 Å². The molecule has 0 saturated heterocycles. The van der Waals surface area contributed by atoms with E-state index in [1.807, 2.05) is 6.07 Å². The molecule has 0 bridgehead atoms. The fourth-order valence-corrected chi connectivity index (χ4v) is 3.37. The molecule has 0 aliphatic heterocycles. The van der Waals surface area contributed by atoms with Gasteiger partial charge in [0.05, 0.1) is 4.90 Å². The highest BCUT2D eigenvalue weighted by atomic mass is 32.2. The van der Waals surface area contributed by atoms with Crippen molar-refractivity contribution in [2.24, 2.45) is 11.7 Å². The highest BCUT2D eigenvalue weighted by molar-refractivity contribution is 7.89. The summed E-state index contributed by atoms with van der Waals surface area (Å²) in [6.45, 7) is 0.673. The van der Waals surface area contributed by atoms with Crippen LogP contribution in [0.3, 0.4) is 0 Å². The monoisotopic (exact) mass is 283 g/mol. The Labute approximate surface area is 114 Å². The minimum Gasteiger partial charge on any atom is -0.382 e. The third-order valence-corrected chi connectivity index (χ3v) is 5.14. The topological polar surface area (TPSA) is 84.2 Å². The number of nitrogens with two attached hydrogens (primary N) is 1. The second kappa shape index (κ2) is 5.90. The Morgan fingerprint density at radius 1 is 1.37 bits per heavy atom. The van der Waals surface area contributed by atoms with Crippen LogP contribution in [0.2, 0.25) is 0 Å². The Kier molecular flexibility index (Phi) is 4.44. The van der Waals surface area contributed by atoms with Crippen molar-refractivity contribution in [1.82, 2.24) is 4.72 Å². The van der Waals surface area contributed by atoms with E-state index < -0.39 is 10.0 Å². The Balaban J connectivity index is 2.16. The maximum atomic E-state index is 11.8. The lowest BCUT2D eigenvalue weighted by atomic mass is 10.0. The molecule has 1 aromatic rings. The minimum atomic E-state index is -3.39. The minimum absolute atomic E-state index is 0.280. The first-order valence-electron chi connectivity index (χ1n) is 6.57. The predicted molar refractivity (Wildman–Crippen MR) is 76.5 cm³/mol. The summed E-state index contributed by atoms with van der Waals surface area (Å²) < 4.78 is 25.8. The number of anilines is 1. The van der Waals surface area contributed by atoms with Crippen LogP contribution in [-0.2, 0) is 10.0 Å². The molecule has 0 heterocycles. The molecule has 2 rings (SSSR count). The average Bonchev–Trinajstić information content (AvgIpc) is 2.86. The first kappa shape index (κ1) is 14.3. The summed E-state index contributed by atoms with van der Waals surface area (Å²) in [7, 11) is -1.97. The fourth-order valence-electron chi connectivity index (χ4n) is 2.59. The van der Waals surface area contributed by atoms with Gasteiger partial charge in [0, 0.05) is 11.7 Å². The van der Waals surface area contributed by atoms with E-state index in [1.165, 1.54) is 13.5 Å². The zero-order chi connectivity index (χ0) is 13.9. The first-order valence-corrected chi connectivity index (χ1v) is 8.05. The molecule has 2 unspecified atom stereocenters. The van der Waals surface area contributed by atoms with Crippen LogP contribution in [-0.4, -0.2) is 28.1 Å². The molecule has 6 heteroatoms. The second-order valence-corrected chi connectivity index (χ2v) is 6.80. The maximum Gasteiger partial charge on any atom is 0.240 e. The van der Waals surface area contributed by atoms with Gasteiger partial charge < -0.3 is 11.1 Å². The Morgan fingerprint density at radius 2 is 2.16 bits per heavy atom. The van der Waals surface area contributed by atoms with E-state index in [1.54, 1.807) is 18.2 Å². The zero-order valence-electron chi connectivity index (χ0n) is 11.1. The normalized spacial score (nSPS) is 23.5. The number of hydrogen-bond acceptors (Lipinski definition) is 4. The molecule has 106 valence electrons. The van der Waals surface area contributed by atoms with Crippen molar-refractivity contribution in [3.05, 3.63) is 24.3 Å².